The first kappa shape index (κ1) is 16.5. The molecule has 7 heteroatoms. The number of unbranched alkanes of at least 4 members (excludes halogenated alkanes) is 1. The summed E-state index contributed by atoms with van der Waals surface area (Å²) in [6.45, 7) is 2.16. The maximum Gasteiger partial charge on any atom is 0.328 e. The van der Waals surface area contributed by atoms with E-state index in [9.17, 15) is 9.59 Å². The monoisotopic (exact) mass is 336 g/mol. The Hall–Kier alpha value is -1.86. The van der Waals surface area contributed by atoms with E-state index in [2.05, 4.69) is 17.2 Å². The van der Waals surface area contributed by atoms with Crippen LogP contribution in [0.2, 0.25) is 0 Å². The zero-order chi connectivity index (χ0) is 15.9. The highest BCUT2D eigenvalue weighted by Gasteiger charge is 2.06. The van der Waals surface area contributed by atoms with Gasteiger partial charge in [-0.25, -0.2) is 9.78 Å². The van der Waals surface area contributed by atoms with E-state index in [-0.39, 0.29) is 0 Å². The molecule has 5 nitrogen and oxygen atoms in total. The lowest BCUT2D eigenvalue weighted by molar-refractivity contribution is -0.131. The maximum atomic E-state index is 11.6. The second-order valence-corrected chi connectivity index (χ2v) is 6.90. The van der Waals surface area contributed by atoms with Crippen molar-refractivity contribution < 1.29 is 14.7 Å². The Labute approximate surface area is 136 Å². The molecule has 0 fully saturated rings. The van der Waals surface area contributed by atoms with Crippen molar-refractivity contribution in [3.8, 4) is 0 Å². The molecule has 2 rings (SSSR count). The Bertz CT molecular complexity index is 710. The number of aliphatic carboxylic acids is 1. The number of nitrogens with one attached hydrogen (secondary N) is 1. The van der Waals surface area contributed by atoms with Crippen LogP contribution in [-0.4, -0.2) is 27.7 Å². The third-order valence-electron chi connectivity index (χ3n) is 2.74. The van der Waals surface area contributed by atoms with Crippen LogP contribution >= 0.6 is 23.1 Å². The van der Waals surface area contributed by atoms with Crippen LogP contribution in [0.25, 0.3) is 10.2 Å². The van der Waals surface area contributed by atoms with Gasteiger partial charge >= 0.3 is 5.97 Å². The zero-order valence-electron chi connectivity index (χ0n) is 12.0. The van der Waals surface area contributed by atoms with Crippen molar-refractivity contribution in [2.24, 2.45) is 0 Å². The van der Waals surface area contributed by atoms with Gasteiger partial charge in [0.05, 0.1) is 10.2 Å². The van der Waals surface area contributed by atoms with Gasteiger partial charge in [-0.15, -0.1) is 11.3 Å². The molecule has 0 aliphatic heterocycles. The first-order valence-electron chi connectivity index (χ1n) is 6.84. The number of hydrogen-bond donors (Lipinski definition) is 2. The molecule has 0 atom stereocenters. The lowest BCUT2D eigenvalue weighted by Crippen LogP contribution is -2.08. The number of carbonyl (C=O) groups is 2. The van der Waals surface area contributed by atoms with E-state index >= 15 is 0 Å². The van der Waals surface area contributed by atoms with Crippen molar-refractivity contribution in [1.82, 2.24) is 4.98 Å². The van der Waals surface area contributed by atoms with Gasteiger partial charge in [0, 0.05) is 23.6 Å². The van der Waals surface area contributed by atoms with Gasteiger partial charge in [-0.2, -0.15) is 0 Å². The molecule has 0 unspecified atom stereocenters. The Balaban J connectivity index is 2.06. The van der Waals surface area contributed by atoms with Crippen molar-refractivity contribution in [3.63, 3.8) is 0 Å². The fourth-order valence-electron chi connectivity index (χ4n) is 1.68. The number of benzene rings is 1. The maximum absolute atomic E-state index is 11.6. The van der Waals surface area contributed by atoms with Gasteiger partial charge in [-0.3, -0.25) is 4.79 Å². The molecule has 0 spiro atoms. The molecule has 22 heavy (non-hydrogen) atoms. The minimum absolute atomic E-state index is 0.469. The minimum atomic E-state index is -1.15. The van der Waals surface area contributed by atoms with Crippen molar-refractivity contribution in [3.05, 3.63) is 30.4 Å². The lowest BCUT2D eigenvalue weighted by atomic mass is 10.3. The van der Waals surface area contributed by atoms with Gasteiger partial charge < -0.3 is 10.4 Å². The Morgan fingerprint density at radius 1 is 1.41 bits per heavy atom. The number of carbonyl (C=O) groups excluding carboxylic acids is 1. The number of hydrogen-bond acceptors (Lipinski definition) is 5. The Kier molecular flexibility index (Phi) is 5.97. The largest absolute Gasteiger partial charge is 0.478 e. The predicted octanol–water partition coefficient (Wildman–Crippen LogP) is 3.77. The van der Waals surface area contributed by atoms with E-state index in [4.69, 9.17) is 5.11 Å². The number of fused-ring (bicyclic) bond motifs is 1. The highest BCUT2D eigenvalue weighted by Crippen LogP contribution is 2.31. The van der Waals surface area contributed by atoms with Gasteiger partial charge in [0.2, 0.25) is 5.91 Å². The number of aromatic nitrogens is 1. The molecule has 1 aromatic heterocycles. The standard InChI is InChI=1S/C15H16N2O3S2/c1-2-3-8-21-15-17-11-5-4-10(9-12(11)22-15)16-13(18)6-7-14(19)20/h4-7,9H,2-3,8H2,1H3,(H,16,18)(H,19,20)/b7-6+. The molecule has 0 aliphatic carbocycles. The van der Waals surface area contributed by atoms with Crippen molar-refractivity contribution in [1.29, 1.82) is 0 Å². The van der Waals surface area contributed by atoms with Crippen LogP contribution in [0.3, 0.4) is 0 Å². The summed E-state index contributed by atoms with van der Waals surface area (Å²) in [4.78, 5) is 26.5. The number of nitrogens with zero attached hydrogens (tertiary/aromatic N) is 1. The molecule has 0 saturated heterocycles. The van der Waals surface area contributed by atoms with E-state index in [0.29, 0.717) is 5.69 Å². The van der Waals surface area contributed by atoms with Gasteiger partial charge in [-0.05, 0) is 24.6 Å². The number of carboxylic acids is 1. The summed E-state index contributed by atoms with van der Waals surface area (Å²) in [5.41, 5.74) is 1.53. The van der Waals surface area contributed by atoms with Crippen molar-refractivity contribution >= 4 is 50.9 Å². The number of thioether (sulfide) groups is 1. The summed E-state index contributed by atoms with van der Waals surface area (Å²) < 4.78 is 2.02. The molecule has 0 aliphatic rings. The van der Waals surface area contributed by atoms with Gasteiger partial charge in [-0.1, -0.05) is 25.1 Å². The minimum Gasteiger partial charge on any atom is -0.478 e. The molecule has 0 bridgehead atoms. The van der Waals surface area contributed by atoms with Crippen LogP contribution < -0.4 is 5.32 Å². The smallest absolute Gasteiger partial charge is 0.328 e. The fourth-order valence-corrected chi connectivity index (χ4v) is 3.94. The van der Waals surface area contributed by atoms with Crippen LogP contribution in [-0.2, 0) is 9.59 Å². The third kappa shape index (κ3) is 4.85. The second kappa shape index (κ2) is 7.95. The van der Waals surface area contributed by atoms with Crippen molar-refractivity contribution in [2.45, 2.75) is 24.1 Å². The number of amides is 1. The SMILES string of the molecule is CCCCSc1nc2ccc(NC(=O)/C=C/C(=O)O)cc2s1. The second-order valence-electron chi connectivity index (χ2n) is 4.53. The van der Waals surface area contributed by atoms with Crippen LogP contribution in [0.15, 0.2) is 34.7 Å². The van der Waals surface area contributed by atoms with E-state index in [1.165, 1.54) is 0 Å². The van der Waals surface area contributed by atoms with Crippen LogP contribution in [0.1, 0.15) is 19.8 Å². The molecular formula is C15H16N2O3S2. The normalized spacial score (nSPS) is 11.1. The highest BCUT2D eigenvalue weighted by molar-refractivity contribution is 8.01. The highest BCUT2D eigenvalue weighted by atomic mass is 32.2. The first-order valence-corrected chi connectivity index (χ1v) is 8.64. The Morgan fingerprint density at radius 2 is 2.23 bits per heavy atom. The summed E-state index contributed by atoms with van der Waals surface area (Å²) in [6.07, 6.45) is 4.13. The lowest BCUT2D eigenvalue weighted by Gasteiger charge is -2.00. The topological polar surface area (TPSA) is 79.3 Å². The third-order valence-corrected chi connectivity index (χ3v) is 4.98. The van der Waals surface area contributed by atoms with E-state index in [1.54, 1.807) is 29.2 Å². The summed E-state index contributed by atoms with van der Waals surface area (Å²) in [5, 5.41) is 11.1. The number of thiazole rings is 1. The van der Waals surface area contributed by atoms with Gasteiger partial charge in [0.15, 0.2) is 4.34 Å². The summed E-state index contributed by atoms with van der Waals surface area (Å²) in [5.74, 6) is -0.564. The number of anilines is 1. The molecule has 0 radical (unpaired) electrons. The van der Waals surface area contributed by atoms with E-state index < -0.39 is 11.9 Å². The first-order chi connectivity index (χ1) is 10.6. The van der Waals surface area contributed by atoms with Crippen LogP contribution in [0.4, 0.5) is 5.69 Å². The van der Waals surface area contributed by atoms with Crippen LogP contribution in [0, 0.1) is 0 Å². The molecule has 116 valence electrons. The average Bonchev–Trinajstić information content (AvgIpc) is 2.87. The van der Waals surface area contributed by atoms with E-state index in [1.807, 2.05) is 12.1 Å². The summed E-state index contributed by atoms with van der Waals surface area (Å²) >= 11 is 3.34. The van der Waals surface area contributed by atoms with Gasteiger partial charge in [0.25, 0.3) is 0 Å². The van der Waals surface area contributed by atoms with Crippen molar-refractivity contribution in [2.75, 3.05) is 11.1 Å². The zero-order valence-corrected chi connectivity index (χ0v) is 13.7. The predicted molar refractivity (Wildman–Crippen MR) is 90.7 cm³/mol. The molecule has 1 aromatic carbocycles. The molecule has 1 amide bonds. The average molecular weight is 336 g/mol. The van der Waals surface area contributed by atoms with E-state index in [0.717, 1.165) is 45.3 Å². The Morgan fingerprint density at radius 3 is 2.95 bits per heavy atom. The molecule has 1 heterocycles. The summed E-state index contributed by atoms with van der Waals surface area (Å²) in [6, 6.07) is 5.46. The quantitative estimate of drug-likeness (QED) is 0.457. The van der Waals surface area contributed by atoms with Crippen LogP contribution in [0.5, 0.6) is 0 Å². The fraction of sp³-hybridized carbons (Fsp3) is 0.267. The molecular weight excluding hydrogens is 320 g/mol. The number of rotatable bonds is 7. The molecule has 2 N–H and O–H groups in total. The number of carboxylic acid groups (broad SMARTS) is 1. The van der Waals surface area contributed by atoms with Gasteiger partial charge in [0.1, 0.15) is 0 Å². The molecule has 2 aromatic rings. The molecule has 0 saturated carbocycles. The summed E-state index contributed by atoms with van der Waals surface area (Å²) in [7, 11) is 0.